The minimum Gasteiger partial charge on any atom is -0.462 e. The second-order valence-corrected chi connectivity index (χ2v) is 4.77. The quantitative estimate of drug-likeness (QED) is 0.442. The Labute approximate surface area is 115 Å². The first-order valence-corrected chi connectivity index (χ1v) is 6.66. The Hall–Kier alpha value is -1.83. The molecule has 1 aromatic heterocycles. The highest BCUT2D eigenvalue weighted by atomic mass is 32.2. The van der Waals surface area contributed by atoms with Crippen LogP contribution in [0.2, 0.25) is 0 Å². The van der Waals surface area contributed by atoms with Gasteiger partial charge in [-0.1, -0.05) is 18.7 Å². The van der Waals surface area contributed by atoms with Crippen LogP contribution in [0.4, 0.5) is 5.82 Å². The molecule has 104 valence electrons. The summed E-state index contributed by atoms with van der Waals surface area (Å²) in [6.07, 6.45) is 1.32. The van der Waals surface area contributed by atoms with E-state index in [0.29, 0.717) is 10.9 Å². The molecule has 0 aliphatic carbocycles. The third-order valence-corrected chi connectivity index (χ3v) is 3.36. The average molecular weight is 284 g/mol. The number of hydrogen-bond acceptors (Lipinski definition) is 7. The van der Waals surface area contributed by atoms with Crippen molar-refractivity contribution in [3.63, 3.8) is 0 Å². The van der Waals surface area contributed by atoms with Gasteiger partial charge in [-0.05, 0) is 6.92 Å². The minimum atomic E-state index is -0.554. The summed E-state index contributed by atoms with van der Waals surface area (Å²) in [6.45, 7) is 3.67. The molecule has 1 heterocycles. The highest BCUT2D eigenvalue weighted by Gasteiger charge is 2.15. The molecule has 1 unspecified atom stereocenters. The molecule has 1 aromatic rings. The first-order chi connectivity index (χ1) is 8.95. The molecule has 0 aromatic carbocycles. The lowest BCUT2D eigenvalue weighted by Crippen LogP contribution is -2.22. The Morgan fingerprint density at radius 1 is 1.53 bits per heavy atom. The van der Waals surface area contributed by atoms with E-state index in [9.17, 15) is 9.59 Å². The lowest BCUT2D eigenvalue weighted by Gasteiger charge is -2.07. The Morgan fingerprint density at radius 2 is 2.21 bits per heavy atom. The van der Waals surface area contributed by atoms with Gasteiger partial charge in [0.05, 0.1) is 6.61 Å². The fourth-order valence-electron chi connectivity index (χ4n) is 1.10. The van der Waals surface area contributed by atoms with Crippen LogP contribution in [0.1, 0.15) is 24.2 Å². The summed E-state index contributed by atoms with van der Waals surface area (Å²) in [7, 11) is 0. The predicted molar refractivity (Wildman–Crippen MR) is 71.5 cm³/mol. The zero-order chi connectivity index (χ0) is 14.4. The van der Waals surface area contributed by atoms with Crippen LogP contribution >= 0.6 is 11.8 Å². The summed E-state index contributed by atoms with van der Waals surface area (Å²) < 4.78 is 4.81. The van der Waals surface area contributed by atoms with Crippen molar-refractivity contribution in [2.24, 2.45) is 11.7 Å². The number of ether oxygens (including phenoxy) is 1. The zero-order valence-corrected chi connectivity index (χ0v) is 11.6. The summed E-state index contributed by atoms with van der Waals surface area (Å²) in [5.41, 5.74) is 10.9. The molecule has 1 atom stereocenters. The number of nitrogens with two attached hydrogens (primary N) is 2. The van der Waals surface area contributed by atoms with Crippen LogP contribution in [-0.4, -0.2) is 34.2 Å². The summed E-state index contributed by atoms with van der Waals surface area (Å²) in [6, 6.07) is 0. The molecule has 19 heavy (non-hydrogen) atoms. The smallest absolute Gasteiger partial charge is 0.343 e. The third-order valence-electron chi connectivity index (χ3n) is 2.24. The normalized spacial score (nSPS) is 11.9. The molecule has 0 bridgehead atoms. The number of carbonyl (C=O) groups is 2. The van der Waals surface area contributed by atoms with Gasteiger partial charge in [-0.3, -0.25) is 4.79 Å². The van der Waals surface area contributed by atoms with Gasteiger partial charge in [0.1, 0.15) is 11.4 Å². The molecule has 0 aliphatic rings. The van der Waals surface area contributed by atoms with Crippen molar-refractivity contribution in [2.75, 3.05) is 18.1 Å². The molecule has 1 amide bonds. The van der Waals surface area contributed by atoms with Gasteiger partial charge in [0, 0.05) is 17.9 Å². The van der Waals surface area contributed by atoms with Gasteiger partial charge in [0.2, 0.25) is 5.91 Å². The van der Waals surface area contributed by atoms with Gasteiger partial charge in [0.15, 0.2) is 5.16 Å². The summed E-state index contributed by atoms with van der Waals surface area (Å²) in [5, 5.41) is 0.388. The zero-order valence-electron chi connectivity index (χ0n) is 10.8. The fraction of sp³-hybridized carbons (Fsp3) is 0.455. The Kier molecular flexibility index (Phi) is 5.56. The van der Waals surface area contributed by atoms with Crippen LogP contribution in [0.25, 0.3) is 0 Å². The molecule has 0 aliphatic heterocycles. The lowest BCUT2D eigenvalue weighted by molar-refractivity contribution is -0.120. The van der Waals surface area contributed by atoms with Crippen LogP contribution in [0.5, 0.6) is 0 Å². The van der Waals surface area contributed by atoms with E-state index in [4.69, 9.17) is 16.2 Å². The Morgan fingerprint density at radius 3 is 2.74 bits per heavy atom. The molecule has 4 N–H and O–H groups in total. The number of esters is 1. The summed E-state index contributed by atoms with van der Waals surface area (Å²) >= 11 is 1.25. The maximum atomic E-state index is 11.5. The highest BCUT2D eigenvalue weighted by molar-refractivity contribution is 7.99. The number of nitrogens with zero attached hydrogens (tertiary/aromatic N) is 2. The Bertz CT molecular complexity index is 481. The third kappa shape index (κ3) is 4.40. The van der Waals surface area contributed by atoms with E-state index >= 15 is 0 Å². The van der Waals surface area contributed by atoms with Gasteiger partial charge >= 0.3 is 5.97 Å². The van der Waals surface area contributed by atoms with Crippen molar-refractivity contribution < 1.29 is 14.3 Å². The summed E-state index contributed by atoms with van der Waals surface area (Å²) in [5.74, 6) is -0.721. The molecular formula is C11H16N4O3S. The fourth-order valence-corrected chi connectivity index (χ4v) is 1.95. The van der Waals surface area contributed by atoms with Crippen molar-refractivity contribution in [2.45, 2.75) is 19.0 Å². The number of hydrogen-bond donors (Lipinski definition) is 2. The molecule has 0 spiro atoms. The first-order valence-electron chi connectivity index (χ1n) is 5.67. The van der Waals surface area contributed by atoms with E-state index in [0.717, 1.165) is 0 Å². The second-order valence-electron chi connectivity index (χ2n) is 3.79. The van der Waals surface area contributed by atoms with Crippen molar-refractivity contribution in [1.82, 2.24) is 9.97 Å². The number of anilines is 1. The molecule has 0 radical (unpaired) electrons. The number of carbonyl (C=O) groups excluding carboxylic acids is 2. The van der Waals surface area contributed by atoms with Crippen molar-refractivity contribution >= 4 is 29.5 Å². The SMILES string of the molecule is CCOC(=O)c1cnc(SCC(C)C(N)=O)nc1N. The van der Waals surface area contributed by atoms with Gasteiger partial charge in [0.25, 0.3) is 0 Å². The van der Waals surface area contributed by atoms with E-state index < -0.39 is 5.97 Å². The average Bonchev–Trinajstić information content (AvgIpc) is 2.36. The van der Waals surface area contributed by atoms with Crippen LogP contribution in [-0.2, 0) is 9.53 Å². The molecule has 1 rings (SSSR count). The van der Waals surface area contributed by atoms with Crippen LogP contribution in [0.15, 0.2) is 11.4 Å². The maximum Gasteiger partial charge on any atom is 0.343 e. The van der Waals surface area contributed by atoms with Crippen molar-refractivity contribution in [3.8, 4) is 0 Å². The molecule has 7 nitrogen and oxygen atoms in total. The molecular weight excluding hydrogens is 268 g/mol. The number of primary amides is 1. The van der Waals surface area contributed by atoms with Crippen LogP contribution < -0.4 is 11.5 Å². The van der Waals surface area contributed by atoms with E-state index in [1.807, 2.05) is 0 Å². The maximum absolute atomic E-state index is 11.5. The molecule has 0 fully saturated rings. The first kappa shape index (κ1) is 15.2. The van der Waals surface area contributed by atoms with Crippen LogP contribution in [0.3, 0.4) is 0 Å². The predicted octanol–water partition coefficient (Wildman–Crippen LogP) is 0.449. The molecule has 8 heteroatoms. The van der Waals surface area contributed by atoms with Gasteiger partial charge in [-0.25, -0.2) is 14.8 Å². The van der Waals surface area contributed by atoms with Gasteiger partial charge in [-0.2, -0.15) is 0 Å². The van der Waals surface area contributed by atoms with Gasteiger partial charge in [-0.15, -0.1) is 0 Å². The Balaban J connectivity index is 2.71. The minimum absolute atomic E-state index is 0.0580. The number of rotatable bonds is 6. The standard InChI is InChI=1S/C11H16N4O3S/c1-3-18-10(17)7-4-14-11(15-8(7)12)19-5-6(2)9(13)16/h4,6H,3,5H2,1-2H3,(H2,13,16)(H2,12,14,15). The van der Waals surface area contributed by atoms with Gasteiger partial charge < -0.3 is 16.2 Å². The number of aromatic nitrogens is 2. The van der Waals surface area contributed by atoms with E-state index in [2.05, 4.69) is 9.97 Å². The monoisotopic (exact) mass is 284 g/mol. The van der Waals surface area contributed by atoms with E-state index in [1.165, 1.54) is 18.0 Å². The van der Waals surface area contributed by atoms with E-state index in [-0.39, 0.29) is 29.8 Å². The van der Waals surface area contributed by atoms with Crippen LogP contribution in [0, 0.1) is 5.92 Å². The highest BCUT2D eigenvalue weighted by Crippen LogP contribution is 2.19. The largest absolute Gasteiger partial charge is 0.462 e. The molecule has 0 saturated heterocycles. The topological polar surface area (TPSA) is 121 Å². The van der Waals surface area contributed by atoms with E-state index in [1.54, 1.807) is 13.8 Å². The number of amides is 1. The molecule has 0 saturated carbocycles. The number of thioether (sulfide) groups is 1. The lowest BCUT2D eigenvalue weighted by atomic mass is 10.2. The number of nitrogen functional groups attached to an aromatic ring is 1. The van der Waals surface area contributed by atoms with Crippen molar-refractivity contribution in [3.05, 3.63) is 11.8 Å². The summed E-state index contributed by atoms with van der Waals surface area (Å²) in [4.78, 5) is 30.3. The second kappa shape index (κ2) is 6.93. The van der Waals surface area contributed by atoms with Crippen molar-refractivity contribution in [1.29, 1.82) is 0 Å².